The van der Waals surface area contributed by atoms with Crippen molar-refractivity contribution in [2.45, 2.75) is 33.0 Å². The fraction of sp³-hybridized carbons (Fsp3) is 0.312. The smallest absolute Gasteiger partial charge is 0.254 e. The van der Waals surface area contributed by atoms with Crippen molar-refractivity contribution in [3.8, 4) is 0 Å². The quantitative estimate of drug-likeness (QED) is 0.912. The van der Waals surface area contributed by atoms with Crippen molar-refractivity contribution in [2.75, 3.05) is 0 Å². The lowest BCUT2D eigenvalue weighted by Crippen LogP contribution is -2.36. The van der Waals surface area contributed by atoms with E-state index in [0.717, 1.165) is 5.56 Å². The van der Waals surface area contributed by atoms with Crippen LogP contribution in [0.2, 0.25) is 0 Å². The number of hydrogen-bond acceptors (Lipinski definition) is 3. The molecule has 1 aromatic heterocycles. The van der Waals surface area contributed by atoms with Crippen LogP contribution in [0.25, 0.3) is 0 Å². The van der Waals surface area contributed by atoms with Crippen LogP contribution in [-0.4, -0.2) is 16.8 Å². The number of benzene rings is 1. The van der Waals surface area contributed by atoms with Gasteiger partial charge in [-0.25, -0.2) is 0 Å². The highest BCUT2D eigenvalue weighted by Crippen LogP contribution is 2.17. The summed E-state index contributed by atoms with van der Waals surface area (Å²) in [6, 6.07) is 11.8. The van der Waals surface area contributed by atoms with Crippen LogP contribution in [0.3, 0.4) is 0 Å². The minimum Gasteiger partial charge on any atom is -0.331 e. The number of hydrogen-bond donors (Lipinski definition) is 1. The lowest BCUT2D eigenvalue weighted by molar-refractivity contribution is 0.0692. The van der Waals surface area contributed by atoms with E-state index in [4.69, 9.17) is 5.73 Å². The molecule has 0 radical (unpaired) electrons. The van der Waals surface area contributed by atoms with Crippen LogP contribution in [-0.2, 0) is 13.1 Å². The van der Waals surface area contributed by atoms with E-state index in [1.807, 2.05) is 54.5 Å². The van der Waals surface area contributed by atoms with E-state index in [1.165, 1.54) is 4.88 Å². The number of nitrogens with two attached hydrogens (primary N) is 1. The summed E-state index contributed by atoms with van der Waals surface area (Å²) in [5.74, 6) is 0.0666. The number of carbonyl (C=O) groups excluding carboxylic acids is 1. The molecule has 1 aromatic carbocycles. The minimum atomic E-state index is 0. The van der Waals surface area contributed by atoms with Gasteiger partial charge in [0.25, 0.3) is 5.91 Å². The molecule has 0 atom stereocenters. The average Bonchev–Trinajstić information content (AvgIpc) is 2.97. The summed E-state index contributed by atoms with van der Waals surface area (Å²) in [4.78, 5) is 15.7. The summed E-state index contributed by atoms with van der Waals surface area (Å²) in [6.45, 7) is 5.24. The Kier molecular flexibility index (Phi) is 6.89. The third kappa shape index (κ3) is 4.56. The summed E-state index contributed by atoms with van der Waals surface area (Å²) >= 11 is 1.68. The Hall–Kier alpha value is -1.36. The van der Waals surface area contributed by atoms with E-state index >= 15 is 0 Å². The number of halogens is 1. The molecule has 0 bridgehead atoms. The second-order valence-electron chi connectivity index (χ2n) is 5.01. The number of carbonyl (C=O) groups is 1. The largest absolute Gasteiger partial charge is 0.331 e. The highest BCUT2D eigenvalue weighted by Gasteiger charge is 2.19. The van der Waals surface area contributed by atoms with E-state index in [1.54, 1.807) is 11.3 Å². The van der Waals surface area contributed by atoms with Gasteiger partial charge in [-0.3, -0.25) is 4.79 Å². The molecule has 0 saturated heterocycles. The monoisotopic (exact) mass is 324 g/mol. The molecule has 0 spiro atoms. The Labute approximate surface area is 136 Å². The molecule has 0 aliphatic rings. The Morgan fingerprint density at radius 1 is 1.24 bits per heavy atom. The fourth-order valence-corrected chi connectivity index (χ4v) is 2.71. The van der Waals surface area contributed by atoms with E-state index < -0.39 is 0 Å². The number of thiophene rings is 1. The van der Waals surface area contributed by atoms with E-state index in [2.05, 4.69) is 6.07 Å². The minimum absolute atomic E-state index is 0. The molecule has 2 N–H and O–H groups in total. The number of rotatable bonds is 5. The fourth-order valence-electron chi connectivity index (χ4n) is 2.01. The molecule has 2 aromatic rings. The third-order valence-corrected chi connectivity index (χ3v) is 4.09. The van der Waals surface area contributed by atoms with Crippen molar-refractivity contribution in [3.63, 3.8) is 0 Å². The van der Waals surface area contributed by atoms with Crippen molar-refractivity contribution in [3.05, 3.63) is 57.8 Å². The number of nitrogens with zero attached hydrogens (tertiary/aromatic N) is 1. The summed E-state index contributed by atoms with van der Waals surface area (Å²) < 4.78 is 0. The summed E-state index contributed by atoms with van der Waals surface area (Å²) in [5, 5.41) is 2.04. The van der Waals surface area contributed by atoms with E-state index in [0.29, 0.717) is 18.7 Å². The van der Waals surface area contributed by atoms with Crippen molar-refractivity contribution >= 4 is 29.7 Å². The van der Waals surface area contributed by atoms with Gasteiger partial charge in [-0.15, -0.1) is 23.7 Å². The predicted molar refractivity (Wildman–Crippen MR) is 90.9 cm³/mol. The van der Waals surface area contributed by atoms with Crippen molar-refractivity contribution in [1.82, 2.24) is 4.90 Å². The number of amides is 1. The molecule has 2 rings (SSSR count). The Morgan fingerprint density at radius 3 is 2.38 bits per heavy atom. The van der Waals surface area contributed by atoms with Crippen molar-refractivity contribution < 1.29 is 4.79 Å². The first-order valence-electron chi connectivity index (χ1n) is 6.74. The van der Waals surface area contributed by atoms with Crippen LogP contribution in [0.4, 0.5) is 0 Å². The van der Waals surface area contributed by atoms with Gasteiger partial charge in [-0.05, 0) is 43.0 Å². The topological polar surface area (TPSA) is 46.3 Å². The summed E-state index contributed by atoms with van der Waals surface area (Å²) in [6.07, 6.45) is 0. The van der Waals surface area contributed by atoms with Crippen LogP contribution < -0.4 is 5.73 Å². The first-order chi connectivity index (χ1) is 9.61. The Bertz CT molecular complexity index is 552. The zero-order chi connectivity index (χ0) is 14.5. The van der Waals surface area contributed by atoms with Crippen molar-refractivity contribution in [2.24, 2.45) is 5.73 Å². The Morgan fingerprint density at radius 2 is 1.90 bits per heavy atom. The van der Waals surface area contributed by atoms with Crippen LogP contribution in [0, 0.1) is 0 Å². The Balaban J connectivity index is 0.00000220. The van der Waals surface area contributed by atoms with Gasteiger partial charge >= 0.3 is 0 Å². The third-order valence-electron chi connectivity index (χ3n) is 3.23. The SMILES string of the molecule is CC(C)N(Cc1cccs1)C(=O)c1ccc(CN)cc1.Cl. The van der Waals surface area contributed by atoms with Gasteiger partial charge in [0.1, 0.15) is 0 Å². The lowest BCUT2D eigenvalue weighted by Gasteiger charge is -2.26. The molecule has 1 amide bonds. The second kappa shape index (κ2) is 8.17. The van der Waals surface area contributed by atoms with Crippen LogP contribution >= 0.6 is 23.7 Å². The van der Waals surface area contributed by atoms with Crippen molar-refractivity contribution in [1.29, 1.82) is 0 Å². The molecule has 5 heteroatoms. The molecule has 0 aliphatic heterocycles. The molecule has 0 fully saturated rings. The standard InChI is InChI=1S/C16H20N2OS.ClH/c1-12(2)18(11-15-4-3-9-20-15)16(19)14-7-5-13(10-17)6-8-14;/h3-9,12H,10-11,17H2,1-2H3;1H. The summed E-state index contributed by atoms with van der Waals surface area (Å²) in [5.41, 5.74) is 7.33. The van der Waals surface area contributed by atoms with Gasteiger partial charge in [0.2, 0.25) is 0 Å². The van der Waals surface area contributed by atoms with E-state index in [-0.39, 0.29) is 24.4 Å². The normalized spacial score (nSPS) is 10.3. The molecule has 21 heavy (non-hydrogen) atoms. The van der Waals surface area contributed by atoms with Gasteiger partial charge < -0.3 is 10.6 Å². The first-order valence-corrected chi connectivity index (χ1v) is 7.62. The molecular weight excluding hydrogens is 304 g/mol. The first kappa shape index (κ1) is 17.7. The van der Waals surface area contributed by atoms with E-state index in [9.17, 15) is 4.79 Å². The van der Waals surface area contributed by atoms with Gasteiger partial charge in [0, 0.05) is 23.0 Å². The van der Waals surface area contributed by atoms with Crippen LogP contribution in [0.15, 0.2) is 41.8 Å². The zero-order valence-electron chi connectivity index (χ0n) is 12.3. The maximum atomic E-state index is 12.6. The predicted octanol–water partition coefficient (Wildman–Crippen LogP) is 3.68. The highest BCUT2D eigenvalue weighted by molar-refractivity contribution is 7.09. The van der Waals surface area contributed by atoms with Gasteiger partial charge in [0.05, 0.1) is 6.54 Å². The molecule has 0 saturated carbocycles. The molecule has 0 aliphatic carbocycles. The molecule has 3 nitrogen and oxygen atoms in total. The van der Waals surface area contributed by atoms with Crippen LogP contribution in [0.1, 0.15) is 34.6 Å². The lowest BCUT2D eigenvalue weighted by atomic mass is 10.1. The highest BCUT2D eigenvalue weighted by atomic mass is 35.5. The maximum Gasteiger partial charge on any atom is 0.254 e. The molecular formula is C16H21ClN2OS. The maximum absolute atomic E-state index is 12.6. The van der Waals surface area contributed by atoms with Gasteiger partial charge in [-0.1, -0.05) is 18.2 Å². The molecule has 114 valence electrons. The van der Waals surface area contributed by atoms with Crippen LogP contribution in [0.5, 0.6) is 0 Å². The molecule has 0 unspecified atom stereocenters. The molecule has 1 heterocycles. The van der Waals surface area contributed by atoms with Gasteiger partial charge in [-0.2, -0.15) is 0 Å². The second-order valence-corrected chi connectivity index (χ2v) is 6.04. The average molecular weight is 325 g/mol. The summed E-state index contributed by atoms with van der Waals surface area (Å²) in [7, 11) is 0. The zero-order valence-corrected chi connectivity index (χ0v) is 13.9. The van der Waals surface area contributed by atoms with Gasteiger partial charge in [0.15, 0.2) is 0 Å².